The molecule has 2 aromatic heterocycles. The van der Waals surface area contributed by atoms with Gasteiger partial charge in [-0.25, -0.2) is 19.0 Å². The maximum atomic E-state index is 15.0. The number of ether oxygens (including phenoxy) is 4. The van der Waals surface area contributed by atoms with E-state index in [2.05, 4.69) is 52.8 Å². The average Bonchev–Trinajstić information content (AvgIpc) is 3.64. The third kappa shape index (κ3) is 13.3. The Labute approximate surface area is 442 Å². The number of pyridine rings is 1. The summed E-state index contributed by atoms with van der Waals surface area (Å²) in [6, 6.07) is 15.7. The minimum absolute atomic E-state index is 0.0879. The molecule has 1 aliphatic carbocycles. The lowest BCUT2D eigenvalue weighted by Crippen LogP contribution is -2.56. The lowest BCUT2D eigenvalue weighted by molar-refractivity contribution is -0.167. The molecule has 8 rings (SSSR count). The SMILES string of the molecule is CCOC(=O)C1(C(=O)N[C@@H](CCCNC(N)=O)C(=O)Nc2ccc(COc3ccc(F)cc3-c3cc(N4CC5CCC(C4)N5c4ccnc(OCCN5CCN(C(=O)OC(C)(C)C)C[C@H]5C)c4)c(N)nn3)cc2)CCC1. The van der Waals surface area contributed by atoms with E-state index in [0.717, 1.165) is 30.6 Å². The van der Waals surface area contributed by atoms with Gasteiger partial charge in [-0.1, -0.05) is 18.6 Å². The van der Waals surface area contributed by atoms with Crippen molar-refractivity contribution in [2.75, 3.05) is 79.9 Å². The summed E-state index contributed by atoms with van der Waals surface area (Å²) < 4.78 is 38.2. The number of amides is 5. The van der Waals surface area contributed by atoms with E-state index in [4.69, 9.17) is 30.4 Å². The van der Waals surface area contributed by atoms with E-state index in [1.807, 2.05) is 39.0 Å². The number of nitrogen functional groups attached to an aromatic ring is 1. The smallest absolute Gasteiger partial charge is 0.410 e. The monoisotopic (exact) mass is 1050 g/mol. The van der Waals surface area contributed by atoms with Crippen LogP contribution in [0.15, 0.2) is 66.9 Å². The molecule has 4 aliphatic rings. The van der Waals surface area contributed by atoms with Gasteiger partial charge in [0.2, 0.25) is 17.7 Å². The molecule has 2 aromatic carbocycles. The highest BCUT2D eigenvalue weighted by molar-refractivity contribution is 6.06. The summed E-state index contributed by atoms with van der Waals surface area (Å²) in [7, 11) is 0. The highest BCUT2D eigenvalue weighted by Gasteiger charge is 2.53. The lowest BCUT2D eigenvalue weighted by atomic mass is 9.68. The number of fused-ring (bicyclic) bond motifs is 2. The summed E-state index contributed by atoms with van der Waals surface area (Å²) in [5.74, 6) is -0.995. The van der Waals surface area contributed by atoms with Crippen molar-refractivity contribution < 1.29 is 47.3 Å². The number of urea groups is 1. The van der Waals surface area contributed by atoms with Crippen LogP contribution in [0.2, 0.25) is 0 Å². The first-order chi connectivity index (χ1) is 36.4. The molecule has 76 heavy (non-hydrogen) atoms. The molecule has 0 radical (unpaired) electrons. The Balaban J connectivity index is 0.866. The number of anilines is 4. The number of carbonyl (C=O) groups excluding carboxylic acids is 5. The maximum Gasteiger partial charge on any atom is 0.410 e. The molecule has 7 N–H and O–H groups in total. The highest BCUT2D eigenvalue weighted by Crippen LogP contribution is 2.43. The molecular weight excluding hydrogens is 980 g/mol. The second kappa shape index (κ2) is 24.0. The number of hydrogen-bond acceptors (Lipinski definition) is 16. The number of piperazine rings is 2. The zero-order chi connectivity index (χ0) is 54.1. The summed E-state index contributed by atoms with van der Waals surface area (Å²) in [5.41, 5.74) is 13.5. The van der Waals surface area contributed by atoms with Crippen molar-refractivity contribution in [1.29, 1.82) is 0 Å². The van der Waals surface area contributed by atoms with Crippen LogP contribution in [0, 0.1) is 11.2 Å². The fourth-order valence-electron chi connectivity index (χ4n) is 10.3. The third-order valence-electron chi connectivity index (χ3n) is 14.4. The number of aromatic nitrogens is 3. The van der Waals surface area contributed by atoms with E-state index in [1.165, 1.54) is 12.1 Å². The Bertz CT molecular complexity index is 2710. The van der Waals surface area contributed by atoms with Crippen molar-refractivity contribution >= 4 is 52.8 Å². The van der Waals surface area contributed by atoms with Crippen LogP contribution in [0.1, 0.15) is 85.1 Å². The topological polar surface area (TPSA) is 262 Å². The van der Waals surface area contributed by atoms with Gasteiger partial charge in [0.05, 0.1) is 18.0 Å². The van der Waals surface area contributed by atoms with Crippen LogP contribution in [0.3, 0.4) is 0 Å². The zero-order valence-corrected chi connectivity index (χ0v) is 44.0. The third-order valence-corrected chi connectivity index (χ3v) is 14.4. The molecule has 5 heterocycles. The molecule has 2 bridgehead atoms. The number of nitrogens with zero attached hydrogens (tertiary/aromatic N) is 7. The fraction of sp³-hybridized carbons (Fsp3) is 0.519. The number of benzene rings is 2. The molecule has 4 aromatic rings. The van der Waals surface area contributed by atoms with E-state index in [0.29, 0.717) is 99.3 Å². The zero-order valence-electron chi connectivity index (χ0n) is 44.0. The fourth-order valence-corrected chi connectivity index (χ4v) is 10.3. The highest BCUT2D eigenvalue weighted by atomic mass is 19.1. The van der Waals surface area contributed by atoms with Gasteiger partial charge in [0, 0.05) is 93.1 Å². The van der Waals surface area contributed by atoms with Crippen molar-refractivity contribution in [1.82, 2.24) is 35.6 Å². The second-order valence-corrected chi connectivity index (χ2v) is 20.9. The number of rotatable bonds is 20. The average molecular weight is 1050 g/mol. The number of primary amides is 1. The molecule has 0 spiro atoms. The summed E-state index contributed by atoms with van der Waals surface area (Å²) in [5, 5.41) is 16.8. The first-order valence-corrected chi connectivity index (χ1v) is 26.2. The number of nitrogens with two attached hydrogens (primary N) is 2. The summed E-state index contributed by atoms with van der Waals surface area (Å²) in [6.45, 7) is 14.2. The molecule has 3 aliphatic heterocycles. The van der Waals surface area contributed by atoms with E-state index in [9.17, 15) is 28.4 Å². The maximum absolute atomic E-state index is 15.0. The van der Waals surface area contributed by atoms with Crippen LogP contribution in [0.4, 0.5) is 36.9 Å². The molecule has 21 nitrogen and oxygen atoms in total. The van der Waals surface area contributed by atoms with Crippen molar-refractivity contribution in [2.24, 2.45) is 11.1 Å². The van der Waals surface area contributed by atoms with E-state index >= 15 is 0 Å². The first kappa shape index (κ1) is 54.8. The standard InChI is InChI=1S/C54H71FN12O9/c1-6-73-50(70)54(19-8-20-54)49(69)61-42(9-7-21-59-51(57)71)48(68)60-37-13-10-35(11-14-37)33-75-45-17-12-36(55)27-41(45)43-29-44(47(56)63-62-43)66-31-39-15-16-40(32-66)67(39)38-18-22-58-46(28-38)74-26-25-64-23-24-65(30-34(64)2)52(72)76-53(3,4)5/h10-14,17-18,22,27-29,34,39-40,42H,6-9,15-16,19-21,23-26,30-33H2,1-5H3,(H2,56,63)(H,60,68)(H,61,69)(H3,57,59,71)/t34-,39?,40?,42+/m1/s1. The summed E-state index contributed by atoms with van der Waals surface area (Å²) in [6.07, 6.45) is 5.25. The Morgan fingerprint density at radius 1 is 0.934 bits per heavy atom. The quantitative estimate of drug-likeness (QED) is 0.0409. The minimum Gasteiger partial charge on any atom is -0.488 e. The Kier molecular flexibility index (Phi) is 17.3. The van der Waals surface area contributed by atoms with Crippen molar-refractivity contribution in [3.8, 4) is 22.9 Å². The van der Waals surface area contributed by atoms with Crippen molar-refractivity contribution in [3.63, 3.8) is 0 Å². The Morgan fingerprint density at radius 2 is 1.68 bits per heavy atom. The molecule has 4 atom stereocenters. The number of halogens is 1. The summed E-state index contributed by atoms with van der Waals surface area (Å²) >= 11 is 0. The number of nitrogens with one attached hydrogen (secondary N) is 3. The van der Waals surface area contributed by atoms with Crippen molar-refractivity contribution in [3.05, 3.63) is 78.2 Å². The second-order valence-electron chi connectivity index (χ2n) is 20.9. The Hall–Kier alpha value is -7.49. The predicted octanol–water partition coefficient (Wildman–Crippen LogP) is 5.62. The molecule has 22 heteroatoms. The predicted molar refractivity (Wildman–Crippen MR) is 283 cm³/mol. The molecule has 5 amide bonds. The van der Waals surface area contributed by atoms with Crippen LogP contribution >= 0.6 is 0 Å². The lowest BCUT2D eigenvalue weighted by Gasteiger charge is -2.43. The number of esters is 1. The van der Waals surface area contributed by atoms with Gasteiger partial charge < -0.3 is 61.1 Å². The summed E-state index contributed by atoms with van der Waals surface area (Å²) in [4.78, 5) is 77.1. The van der Waals surface area contributed by atoms with E-state index in [1.54, 1.807) is 48.4 Å². The van der Waals surface area contributed by atoms with Gasteiger partial charge in [0.25, 0.3) is 0 Å². The van der Waals surface area contributed by atoms with Gasteiger partial charge in [-0.2, -0.15) is 0 Å². The van der Waals surface area contributed by atoms with Gasteiger partial charge in [-0.15, -0.1) is 10.2 Å². The van der Waals surface area contributed by atoms with E-state index < -0.39 is 46.7 Å². The van der Waals surface area contributed by atoms with Gasteiger partial charge in [0.1, 0.15) is 41.8 Å². The van der Waals surface area contributed by atoms with Crippen LogP contribution in [0.5, 0.6) is 11.6 Å². The largest absolute Gasteiger partial charge is 0.488 e. The number of carbonyl (C=O) groups is 5. The normalized spacial score (nSPS) is 19.4. The molecule has 2 unspecified atom stereocenters. The van der Waals surface area contributed by atoms with Gasteiger partial charge in [-0.3, -0.25) is 19.3 Å². The van der Waals surface area contributed by atoms with Gasteiger partial charge in [0.15, 0.2) is 5.82 Å². The molecule has 408 valence electrons. The van der Waals surface area contributed by atoms with Crippen LogP contribution in [0.25, 0.3) is 11.3 Å². The molecule has 1 saturated carbocycles. The molecular formula is C54H71FN12O9. The van der Waals surface area contributed by atoms with Crippen LogP contribution in [-0.4, -0.2) is 144 Å². The van der Waals surface area contributed by atoms with Crippen LogP contribution in [-0.2, 0) is 30.5 Å². The Morgan fingerprint density at radius 3 is 2.36 bits per heavy atom. The van der Waals surface area contributed by atoms with Crippen molar-refractivity contribution in [2.45, 2.75) is 116 Å². The minimum atomic E-state index is -1.34. The van der Waals surface area contributed by atoms with E-state index in [-0.39, 0.29) is 56.2 Å². The first-order valence-electron chi connectivity index (χ1n) is 26.2. The van der Waals surface area contributed by atoms with Crippen LogP contribution < -0.4 is 46.7 Å². The molecule has 4 fully saturated rings. The molecule has 3 saturated heterocycles. The van der Waals surface area contributed by atoms with Gasteiger partial charge >= 0.3 is 18.1 Å². The number of hydrogen-bond donors (Lipinski definition) is 5. The van der Waals surface area contributed by atoms with Gasteiger partial charge in [-0.05, 0) is 121 Å².